The highest BCUT2D eigenvalue weighted by Crippen LogP contribution is 2.42. The van der Waals surface area contributed by atoms with Crippen LogP contribution in [0.4, 0.5) is 5.69 Å². The summed E-state index contributed by atoms with van der Waals surface area (Å²) in [5.74, 6) is -0.0571. The number of imide groups is 1. The largest absolute Gasteiger partial charge is 0.488 e. The first-order valence-corrected chi connectivity index (χ1v) is 8.73. The summed E-state index contributed by atoms with van der Waals surface area (Å²) in [7, 11) is 0. The molecule has 0 bridgehead atoms. The van der Waals surface area contributed by atoms with Crippen molar-refractivity contribution in [2.75, 3.05) is 18.1 Å². The van der Waals surface area contributed by atoms with Gasteiger partial charge in [-0.3, -0.25) is 9.59 Å². The molecule has 2 aromatic rings. The second kappa shape index (κ2) is 5.95. The Hall–Kier alpha value is -2.66. The zero-order valence-corrected chi connectivity index (χ0v) is 15.1. The fourth-order valence-electron chi connectivity index (χ4n) is 3.19. The van der Waals surface area contributed by atoms with Crippen LogP contribution >= 0.6 is 0 Å². The van der Waals surface area contributed by atoms with Gasteiger partial charge in [0.1, 0.15) is 18.5 Å². The predicted octanol–water partition coefficient (Wildman–Crippen LogP) is 3.56. The Bertz CT molecular complexity index is 858. The molecule has 0 N–H and O–H groups in total. The summed E-state index contributed by atoms with van der Waals surface area (Å²) >= 11 is 0. The van der Waals surface area contributed by atoms with Crippen molar-refractivity contribution in [2.45, 2.75) is 32.3 Å². The number of epoxide rings is 1. The van der Waals surface area contributed by atoms with Crippen LogP contribution in [-0.4, -0.2) is 31.1 Å². The predicted molar refractivity (Wildman–Crippen MR) is 98.0 cm³/mol. The van der Waals surface area contributed by atoms with Crippen molar-refractivity contribution >= 4 is 17.5 Å². The first kappa shape index (κ1) is 16.8. The van der Waals surface area contributed by atoms with Gasteiger partial charge in [0, 0.05) is 5.56 Å². The molecule has 1 fully saturated rings. The molecule has 0 aromatic heterocycles. The molecule has 0 aliphatic carbocycles. The van der Waals surface area contributed by atoms with Gasteiger partial charge in [-0.1, -0.05) is 45.0 Å². The van der Waals surface area contributed by atoms with Crippen molar-refractivity contribution < 1.29 is 19.1 Å². The highest BCUT2D eigenvalue weighted by molar-refractivity contribution is 6.34. The van der Waals surface area contributed by atoms with Gasteiger partial charge in [0.25, 0.3) is 11.8 Å². The normalized spacial score (nSPS) is 18.9. The number of hydrogen-bond acceptors (Lipinski definition) is 4. The molecule has 0 radical (unpaired) electrons. The van der Waals surface area contributed by atoms with E-state index in [0.29, 0.717) is 35.8 Å². The molecule has 2 amide bonds. The molecule has 26 heavy (non-hydrogen) atoms. The van der Waals surface area contributed by atoms with Gasteiger partial charge in [-0.05, 0) is 23.6 Å². The number of nitrogens with zero attached hydrogens (tertiary/aromatic N) is 1. The molecule has 5 nitrogen and oxygen atoms in total. The molecular weight excluding hydrogens is 330 g/mol. The average Bonchev–Trinajstić information content (AvgIpc) is 3.40. The molecule has 2 aliphatic rings. The zero-order valence-electron chi connectivity index (χ0n) is 15.1. The Morgan fingerprint density at radius 2 is 1.65 bits per heavy atom. The highest BCUT2D eigenvalue weighted by atomic mass is 16.6. The van der Waals surface area contributed by atoms with Crippen molar-refractivity contribution in [3.05, 3.63) is 59.2 Å². The van der Waals surface area contributed by atoms with Crippen LogP contribution in [-0.2, 0) is 10.2 Å². The maximum absolute atomic E-state index is 12.9. The van der Waals surface area contributed by atoms with Crippen molar-refractivity contribution in [2.24, 2.45) is 0 Å². The Morgan fingerprint density at radius 1 is 1.04 bits per heavy atom. The average molecular weight is 351 g/mol. The summed E-state index contributed by atoms with van der Waals surface area (Å²) in [6.07, 6.45) is 0.0815. The van der Waals surface area contributed by atoms with Gasteiger partial charge < -0.3 is 9.47 Å². The molecule has 2 aliphatic heterocycles. The quantitative estimate of drug-likeness (QED) is 0.624. The summed E-state index contributed by atoms with van der Waals surface area (Å²) in [5, 5.41) is 0. The maximum atomic E-state index is 12.9. The van der Waals surface area contributed by atoms with Gasteiger partial charge in [-0.15, -0.1) is 0 Å². The lowest BCUT2D eigenvalue weighted by molar-refractivity contribution is 0.0924. The number of fused-ring (bicyclic) bond motifs is 1. The third-order valence-electron chi connectivity index (χ3n) is 4.65. The molecule has 2 heterocycles. The minimum absolute atomic E-state index is 0.0815. The lowest BCUT2D eigenvalue weighted by Crippen LogP contribution is -2.30. The third kappa shape index (κ3) is 2.78. The number of carbonyl (C=O) groups is 2. The van der Waals surface area contributed by atoms with E-state index < -0.39 is 0 Å². The minimum atomic E-state index is -0.316. The number of benzene rings is 2. The summed E-state index contributed by atoms with van der Waals surface area (Å²) in [5.41, 5.74) is 2.09. The first-order chi connectivity index (χ1) is 12.4. The Kier molecular flexibility index (Phi) is 3.84. The molecule has 1 saturated heterocycles. The number of anilines is 1. The Balaban J connectivity index is 1.81. The van der Waals surface area contributed by atoms with Crippen LogP contribution in [0.15, 0.2) is 42.5 Å². The monoisotopic (exact) mass is 351 g/mol. The van der Waals surface area contributed by atoms with Gasteiger partial charge in [0.15, 0.2) is 0 Å². The minimum Gasteiger partial charge on any atom is -0.488 e. The molecular formula is C21H21NO4. The number of para-hydroxylation sites is 1. The first-order valence-electron chi connectivity index (χ1n) is 8.73. The van der Waals surface area contributed by atoms with Crippen molar-refractivity contribution in [3.63, 3.8) is 0 Å². The van der Waals surface area contributed by atoms with E-state index in [1.165, 1.54) is 4.90 Å². The second-order valence-corrected chi connectivity index (χ2v) is 7.66. The van der Waals surface area contributed by atoms with Crippen LogP contribution in [0.3, 0.4) is 0 Å². The number of carbonyl (C=O) groups excluding carboxylic acids is 2. The fraction of sp³-hybridized carbons (Fsp3) is 0.333. The zero-order chi connectivity index (χ0) is 18.5. The van der Waals surface area contributed by atoms with Crippen LogP contribution in [0.1, 0.15) is 47.1 Å². The van der Waals surface area contributed by atoms with Crippen LogP contribution in [0, 0.1) is 0 Å². The molecule has 0 saturated carbocycles. The second-order valence-electron chi connectivity index (χ2n) is 7.66. The van der Waals surface area contributed by atoms with E-state index in [1.807, 2.05) is 12.1 Å². The van der Waals surface area contributed by atoms with E-state index >= 15 is 0 Å². The van der Waals surface area contributed by atoms with Gasteiger partial charge in [0.2, 0.25) is 0 Å². The van der Waals surface area contributed by atoms with Crippen LogP contribution in [0.2, 0.25) is 0 Å². The van der Waals surface area contributed by atoms with Gasteiger partial charge >= 0.3 is 0 Å². The summed E-state index contributed by atoms with van der Waals surface area (Å²) in [6, 6.07) is 12.5. The van der Waals surface area contributed by atoms with Crippen LogP contribution in [0.25, 0.3) is 0 Å². The third-order valence-corrected chi connectivity index (χ3v) is 4.65. The molecule has 5 heteroatoms. The Labute approximate surface area is 152 Å². The molecule has 0 spiro atoms. The Morgan fingerprint density at radius 3 is 2.19 bits per heavy atom. The van der Waals surface area contributed by atoms with E-state index in [0.717, 1.165) is 5.56 Å². The number of ether oxygens (including phenoxy) is 2. The van der Waals surface area contributed by atoms with E-state index in [2.05, 4.69) is 20.8 Å². The summed E-state index contributed by atoms with van der Waals surface area (Å²) in [6.45, 7) is 7.32. The molecule has 1 atom stereocenters. The smallest absolute Gasteiger partial charge is 0.266 e. The molecule has 4 rings (SSSR count). The summed E-state index contributed by atoms with van der Waals surface area (Å²) < 4.78 is 11.3. The van der Waals surface area contributed by atoms with Crippen molar-refractivity contribution in [1.82, 2.24) is 0 Å². The number of rotatable bonds is 4. The van der Waals surface area contributed by atoms with E-state index in [-0.39, 0.29) is 23.3 Å². The number of amides is 2. The fourth-order valence-corrected chi connectivity index (χ4v) is 3.19. The van der Waals surface area contributed by atoms with E-state index in [4.69, 9.17) is 9.47 Å². The maximum Gasteiger partial charge on any atom is 0.266 e. The molecule has 134 valence electrons. The lowest BCUT2D eigenvalue weighted by atomic mass is 9.86. The topological polar surface area (TPSA) is 59.1 Å². The SMILES string of the molecule is CC(C)(C)c1cccc(N2C(=O)c3ccccc3C2=O)c1OCC1CO1. The van der Waals surface area contributed by atoms with E-state index in [9.17, 15) is 9.59 Å². The molecule has 2 aromatic carbocycles. The summed E-state index contributed by atoms with van der Waals surface area (Å²) in [4.78, 5) is 27.0. The van der Waals surface area contributed by atoms with Gasteiger partial charge in [-0.2, -0.15) is 0 Å². The standard InChI is InChI=1S/C21H21NO4/c1-21(2,3)16-9-6-10-17(18(16)26-12-13-11-25-13)22-19(23)14-7-4-5-8-15(14)20(22)24/h4-10,13H,11-12H2,1-3H3. The van der Waals surface area contributed by atoms with Gasteiger partial charge in [0.05, 0.1) is 23.4 Å². The van der Waals surface area contributed by atoms with Crippen molar-refractivity contribution in [3.8, 4) is 5.75 Å². The van der Waals surface area contributed by atoms with Crippen LogP contribution in [0.5, 0.6) is 5.75 Å². The number of hydrogen-bond donors (Lipinski definition) is 0. The lowest BCUT2D eigenvalue weighted by Gasteiger charge is -2.27. The highest BCUT2D eigenvalue weighted by Gasteiger charge is 2.39. The van der Waals surface area contributed by atoms with E-state index in [1.54, 1.807) is 30.3 Å². The van der Waals surface area contributed by atoms with Crippen molar-refractivity contribution in [1.29, 1.82) is 0 Å². The molecule has 1 unspecified atom stereocenters. The van der Waals surface area contributed by atoms with Gasteiger partial charge in [-0.25, -0.2) is 4.90 Å². The van der Waals surface area contributed by atoms with Crippen LogP contribution < -0.4 is 9.64 Å².